The van der Waals surface area contributed by atoms with Crippen LogP contribution in [0.4, 0.5) is 5.82 Å². The summed E-state index contributed by atoms with van der Waals surface area (Å²) < 4.78 is 5.87. The summed E-state index contributed by atoms with van der Waals surface area (Å²) >= 11 is 3.33. The number of aromatic nitrogens is 2. The van der Waals surface area contributed by atoms with Gasteiger partial charge in [-0.3, -0.25) is 0 Å². The van der Waals surface area contributed by atoms with E-state index in [2.05, 4.69) is 25.9 Å². The first-order valence-electron chi connectivity index (χ1n) is 4.35. The molecule has 0 amide bonds. The monoisotopic (exact) mass is 278 g/mol. The second-order valence-electron chi connectivity index (χ2n) is 3.03. The number of nitriles is 1. The summed E-state index contributed by atoms with van der Waals surface area (Å²) in [5.41, 5.74) is 6.78. The molecule has 2 aromatic rings. The van der Waals surface area contributed by atoms with E-state index < -0.39 is 0 Å². The van der Waals surface area contributed by atoms with E-state index in [9.17, 15) is 0 Å². The van der Waals surface area contributed by atoms with Crippen LogP contribution in [0.5, 0.6) is 5.75 Å². The summed E-state index contributed by atoms with van der Waals surface area (Å²) in [6.45, 7) is 0. The van der Waals surface area contributed by atoms with Gasteiger partial charge in [-0.05, 0) is 22.0 Å². The number of anilines is 1. The van der Waals surface area contributed by atoms with Gasteiger partial charge in [0, 0.05) is 4.47 Å². The van der Waals surface area contributed by atoms with Crippen LogP contribution in [0.15, 0.2) is 16.9 Å². The third-order valence-corrected chi connectivity index (χ3v) is 2.77. The molecule has 0 aliphatic rings. The molecule has 6 heteroatoms. The van der Waals surface area contributed by atoms with Crippen LogP contribution in [0.3, 0.4) is 0 Å². The Hall–Kier alpha value is -1.87. The van der Waals surface area contributed by atoms with Crippen molar-refractivity contribution in [3.63, 3.8) is 0 Å². The molecule has 0 atom stereocenters. The van der Waals surface area contributed by atoms with Crippen molar-refractivity contribution in [1.82, 2.24) is 9.97 Å². The molecule has 0 aliphatic carbocycles. The van der Waals surface area contributed by atoms with Gasteiger partial charge in [0.05, 0.1) is 23.6 Å². The van der Waals surface area contributed by atoms with Gasteiger partial charge < -0.3 is 10.5 Å². The summed E-state index contributed by atoms with van der Waals surface area (Å²) in [6.07, 6.45) is 1.37. The van der Waals surface area contributed by atoms with E-state index in [0.717, 1.165) is 0 Å². The Morgan fingerprint density at radius 3 is 2.88 bits per heavy atom. The fourth-order valence-electron chi connectivity index (χ4n) is 1.49. The van der Waals surface area contributed by atoms with E-state index in [4.69, 9.17) is 15.7 Å². The van der Waals surface area contributed by atoms with Crippen LogP contribution in [-0.4, -0.2) is 17.1 Å². The van der Waals surface area contributed by atoms with Gasteiger partial charge in [0.15, 0.2) is 0 Å². The van der Waals surface area contributed by atoms with Gasteiger partial charge in [-0.2, -0.15) is 5.26 Å². The molecule has 16 heavy (non-hydrogen) atoms. The van der Waals surface area contributed by atoms with Crippen molar-refractivity contribution in [2.24, 2.45) is 0 Å². The van der Waals surface area contributed by atoms with Crippen LogP contribution < -0.4 is 10.5 Å². The summed E-state index contributed by atoms with van der Waals surface area (Å²) in [5, 5.41) is 9.54. The van der Waals surface area contributed by atoms with E-state index in [1.807, 2.05) is 6.07 Å². The molecular formula is C10H7BrN4O. The van der Waals surface area contributed by atoms with E-state index in [1.54, 1.807) is 6.07 Å². The molecule has 0 aliphatic heterocycles. The van der Waals surface area contributed by atoms with Gasteiger partial charge in [0.1, 0.15) is 24.0 Å². The molecule has 0 fully saturated rings. The molecule has 0 saturated heterocycles. The molecule has 1 aromatic heterocycles. The SMILES string of the molecule is COc1c(C#N)cc(Br)c2ncnc(N)c12. The highest BCUT2D eigenvalue weighted by Crippen LogP contribution is 2.35. The van der Waals surface area contributed by atoms with Crippen molar-refractivity contribution in [3.8, 4) is 11.8 Å². The Morgan fingerprint density at radius 2 is 2.25 bits per heavy atom. The first-order chi connectivity index (χ1) is 7.69. The first kappa shape index (κ1) is 10.6. The largest absolute Gasteiger partial charge is 0.495 e. The highest BCUT2D eigenvalue weighted by atomic mass is 79.9. The van der Waals surface area contributed by atoms with Crippen LogP contribution in [0.25, 0.3) is 10.9 Å². The number of ether oxygens (including phenoxy) is 1. The maximum atomic E-state index is 8.99. The normalized spacial score (nSPS) is 10.1. The lowest BCUT2D eigenvalue weighted by atomic mass is 10.1. The molecule has 80 valence electrons. The minimum absolute atomic E-state index is 0.291. The Morgan fingerprint density at radius 1 is 1.50 bits per heavy atom. The van der Waals surface area contributed by atoms with Crippen molar-refractivity contribution in [3.05, 3.63) is 22.4 Å². The number of nitrogens with two attached hydrogens (primary N) is 1. The van der Waals surface area contributed by atoms with Crippen molar-refractivity contribution in [2.45, 2.75) is 0 Å². The van der Waals surface area contributed by atoms with Crippen LogP contribution in [0.2, 0.25) is 0 Å². The number of nitrogen functional groups attached to an aromatic ring is 1. The second kappa shape index (κ2) is 3.94. The Labute approximate surface area is 100.0 Å². The lowest BCUT2D eigenvalue weighted by molar-refractivity contribution is 0.418. The third kappa shape index (κ3) is 1.46. The Bertz CT molecular complexity index is 606. The highest BCUT2D eigenvalue weighted by Gasteiger charge is 2.15. The average molecular weight is 279 g/mol. The molecule has 0 saturated carbocycles. The third-order valence-electron chi connectivity index (χ3n) is 2.17. The summed E-state index contributed by atoms with van der Waals surface area (Å²) in [7, 11) is 1.48. The number of hydrogen-bond donors (Lipinski definition) is 1. The predicted molar refractivity (Wildman–Crippen MR) is 62.9 cm³/mol. The van der Waals surface area contributed by atoms with Gasteiger partial charge in [-0.15, -0.1) is 0 Å². The van der Waals surface area contributed by atoms with Crippen LogP contribution in [0.1, 0.15) is 5.56 Å². The second-order valence-corrected chi connectivity index (χ2v) is 3.89. The molecule has 1 heterocycles. The van der Waals surface area contributed by atoms with Gasteiger partial charge in [0.25, 0.3) is 0 Å². The smallest absolute Gasteiger partial charge is 0.149 e. The van der Waals surface area contributed by atoms with E-state index in [-0.39, 0.29) is 0 Å². The van der Waals surface area contributed by atoms with Crippen molar-refractivity contribution in [2.75, 3.05) is 12.8 Å². The predicted octanol–water partition coefficient (Wildman–Crippen LogP) is 1.85. The van der Waals surface area contributed by atoms with Gasteiger partial charge in [0.2, 0.25) is 0 Å². The van der Waals surface area contributed by atoms with Crippen molar-refractivity contribution >= 4 is 32.7 Å². The van der Waals surface area contributed by atoms with Crippen LogP contribution in [0, 0.1) is 11.3 Å². The molecule has 2 rings (SSSR count). The molecule has 2 N–H and O–H groups in total. The number of benzene rings is 1. The molecule has 1 aromatic carbocycles. The quantitative estimate of drug-likeness (QED) is 0.861. The maximum absolute atomic E-state index is 8.99. The molecular weight excluding hydrogens is 272 g/mol. The molecule has 0 unspecified atom stereocenters. The Balaban J connectivity index is 3.01. The fourth-order valence-corrected chi connectivity index (χ4v) is 2.02. The standard InChI is InChI=1S/C10H7BrN4O/c1-16-9-5(3-12)2-6(11)8-7(9)10(13)15-4-14-8/h2,4H,1H3,(H2,13,14,15). The molecule has 0 spiro atoms. The summed E-state index contributed by atoms with van der Waals surface area (Å²) in [6, 6.07) is 3.69. The minimum Gasteiger partial charge on any atom is -0.495 e. The lowest BCUT2D eigenvalue weighted by Crippen LogP contribution is -1.98. The topological polar surface area (TPSA) is 84.8 Å². The molecule has 0 bridgehead atoms. The minimum atomic E-state index is 0.291. The number of methoxy groups -OCH3 is 1. The number of halogens is 1. The van der Waals surface area contributed by atoms with Crippen molar-refractivity contribution in [1.29, 1.82) is 5.26 Å². The zero-order valence-corrected chi connectivity index (χ0v) is 9.95. The van der Waals surface area contributed by atoms with Gasteiger partial charge in [-0.1, -0.05) is 0 Å². The summed E-state index contributed by atoms with van der Waals surface area (Å²) in [4.78, 5) is 7.99. The first-order valence-corrected chi connectivity index (χ1v) is 5.15. The number of hydrogen-bond acceptors (Lipinski definition) is 5. The van der Waals surface area contributed by atoms with Crippen LogP contribution >= 0.6 is 15.9 Å². The molecule has 5 nitrogen and oxygen atoms in total. The number of nitrogens with zero attached hydrogens (tertiary/aromatic N) is 3. The Kier molecular flexibility index (Phi) is 2.62. The van der Waals surface area contributed by atoms with E-state index in [0.29, 0.717) is 32.5 Å². The number of rotatable bonds is 1. The zero-order chi connectivity index (χ0) is 11.7. The zero-order valence-electron chi connectivity index (χ0n) is 8.36. The number of fused-ring (bicyclic) bond motifs is 1. The summed E-state index contributed by atoms with van der Waals surface area (Å²) in [5.74, 6) is 0.693. The van der Waals surface area contributed by atoms with E-state index >= 15 is 0 Å². The van der Waals surface area contributed by atoms with Gasteiger partial charge in [-0.25, -0.2) is 9.97 Å². The maximum Gasteiger partial charge on any atom is 0.149 e. The van der Waals surface area contributed by atoms with Crippen molar-refractivity contribution < 1.29 is 4.74 Å². The van der Waals surface area contributed by atoms with E-state index in [1.165, 1.54) is 13.4 Å². The van der Waals surface area contributed by atoms with Gasteiger partial charge >= 0.3 is 0 Å². The average Bonchev–Trinajstić information content (AvgIpc) is 2.29. The lowest BCUT2D eigenvalue weighted by Gasteiger charge is -2.09. The van der Waals surface area contributed by atoms with Crippen LogP contribution in [-0.2, 0) is 0 Å². The molecule has 0 radical (unpaired) electrons. The fraction of sp³-hybridized carbons (Fsp3) is 0.100. The highest BCUT2D eigenvalue weighted by molar-refractivity contribution is 9.10.